The Kier molecular flexibility index (Phi) is 8.25. The van der Waals surface area contributed by atoms with Gasteiger partial charge in [0.05, 0.1) is 16.9 Å². The van der Waals surface area contributed by atoms with Gasteiger partial charge in [-0.05, 0) is 36.8 Å². The highest BCUT2D eigenvalue weighted by molar-refractivity contribution is 6.34. The molecule has 3 aromatic rings. The minimum absolute atomic E-state index is 0.0630. The van der Waals surface area contributed by atoms with Crippen LogP contribution in [0.3, 0.4) is 0 Å². The van der Waals surface area contributed by atoms with E-state index in [2.05, 4.69) is 20.6 Å². The molecule has 7 nitrogen and oxygen atoms in total. The molecule has 0 saturated heterocycles. The van der Waals surface area contributed by atoms with Crippen molar-refractivity contribution in [2.45, 2.75) is 33.6 Å². The van der Waals surface area contributed by atoms with E-state index in [1.807, 2.05) is 38.1 Å². The van der Waals surface area contributed by atoms with Crippen molar-refractivity contribution < 1.29 is 9.59 Å². The highest BCUT2D eigenvalue weighted by Crippen LogP contribution is 2.31. The number of anilines is 5. The van der Waals surface area contributed by atoms with Gasteiger partial charge < -0.3 is 15.5 Å². The highest BCUT2D eigenvalue weighted by atomic mass is 35.5. The Morgan fingerprint density at radius 3 is 2.42 bits per heavy atom. The molecule has 0 bridgehead atoms. The minimum Gasteiger partial charge on any atom is -0.339 e. The topological polar surface area (TPSA) is 87.2 Å². The summed E-state index contributed by atoms with van der Waals surface area (Å²) in [6, 6.07) is 12.8. The van der Waals surface area contributed by atoms with Gasteiger partial charge in [-0.2, -0.15) is 4.98 Å². The van der Waals surface area contributed by atoms with Gasteiger partial charge in [-0.25, -0.2) is 4.98 Å². The van der Waals surface area contributed by atoms with Gasteiger partial charge in [0.25, 0.3) is 0 Å². The Bertz CT molecular complexity index is 1170. The smallest absolute Gasteiger partial charge is 0.229 e. The second kappa shape index (κ2) is 11.1. The Hall–Kier alpha value is -3.16. The molecule has 33 heavy (non-hydrogen) atoms. The molecule has 1 heterocycles. The predicted octanol–water partition coefficient (Wildman–Crippen LogP) is 6.17. The number of benzene rings is 2. The fourth-order valence-corrected chi connectivity index (χ4v) is 3.62. The third-order valence-electron chi connectivity index (χ3n) is 5.00. The fourth-order valence-electron chi connectivity index (χ4n) is 3.26. The first-order valence-electron chi connectivity index (χ1n) is 10.6. The molecule has 0 aliphatic rings. The normalized spacial score (nSPS) is 10.6. The second-order valence-electron chi connectivity index (χ2n) is 7.29. The number of Topliss-reactive ketones (excluding diaryl/α,β-unsaturated/α-hetero) is 1. The first-order valence-corrected chi connectivity index (χ1v) is 11.3. The summed E-state index contributed by atoms with van der Waals surface area (Å²) in [6.45, 7) is 5.79. The molecule has 0 fully saturated rings. The van der Waals surface area contributed by atoms with E-state index in [-0.39, 0.29) is 17.6 Å². The first kappa shape index (κ1) is 24.5. The molecule has 2 N–H and O–H groups in total. The van der Waals surface area contributed by atoms with Crippen LogP contribution in [0.4, 0.5) is 28.8 Å². The number of halogens is 2. The third-order valence-corrected chi connectivity index (χ3v) is 5.59. The largest absolute Gasteiger partial charge is 0.339 e. The van der Waals surface area contributed by atoms with Crippen LogP contribution in [0.5, 0.6) is 0 Å². The summed E-state index contributed by atoms with van der Waals surface area (Å²) >= 11 is 12.8. The van der Waals surface area contributed by atoms with E-state index in [1.54, 1.807) is 23.1 Å². The number of ketones is 1. The molecule has 172 valence electrons. The van der Waals surface area contributed by atoms with E-state index in [1.165, 1.54) is 13.1 Å². The standard InChI is InChI=1S/C24H25Cl2N5O2/c1-4-18(33)12-16-8-6-7-9-21(16)28-23-20(26)14-27-24(30-23)29-22-11-10-17(13-19(22)25)31(5-2)15(3)32/h6-11,13-14H,4-5,12H2,1-3H3,(H2,27,28,29,30). The number of amides is 1. The second-order valence-corrected chi connectivity index (χ2v) is 8.11. The van der Waals surface area contributed by atoms with Gasteiger partial charge in [0, 0.05) is 37.7 Å². The average Bonchev–Trinajstić information content (AvgIpc) is 2.79. The summed E-state index contributed by atoms with van der Waals surface area (Å²) in [7, 11) is 0. The van der Waals surface area contributed by atoms with E-state index in [0.29, 0.717) is 46.6 Å². The lowest BCUT2D eigenvalue weighted by Crippen LogP contribution is -2.27. The van der Waals surface area contributed by atoms with Crippen LogP contribution in [0.2, 0.25) is 10.0 Å². The van der Waals surface area contributed by atoms with E-state index in [0.717, 1.165) is 11.3 Å². The third kappa shape index (κ3) is 6.21. The summed E-state index contributed by atoms with van der Waals surface area (Å²) in [4.78, 5) is 34.1. The Morgan fingerprint density at radius 2 is 1.76 bits per heavy atom. The molecular weight excluding hydrogens is 461 g/mol. The molecule has 0 aliphatic carbocycles. The van der Waals surface area contributed by atoms with Crippen LogP contribution in [-0.4, -0.2) is 28.2 Å². The quantitative estimate of drug-likeness (QED) is 0.377. The summed E-state index contributed by atoms with van der Waals surface area (Å²) in [5, 5.41) is 7.04. The maximum Gasteiger partial charge on any atom is 0.229 e. The van der Waals surface area contributed by atoms with Crippen molar-refractivity contribution in [3.05, 3.63) is 64.3 Å². The van der Waals surface area contributed by atoms with Gasteiger partial charge in [0.1, 0.15) is 10.8 Å². The number of carbonyl (C=O) groups excluding carboxylic acids is 2. The Balaban J connectivity index is 1.83. The molecule has 0 unspecified atom stereocenters. The van der Waals surface area contributed by atoms with Gasteiger partial charge in [-0.15, -0.1) is 0 Å². The molecule has 1 aromatic heterocycles. The Labute approximate surface area is 203 Å². The molecule has 0 spiro atoms. The van der Waals surface area contributed by atoms with E-state index in [4.69, 9.17) is 23.2 Å². The first-order chi connectivity index (χ1) is 15.8. The maximum atomic E-state index is 11.9. The summed E-state index contributed by atoms with van der Waals surface area (Å²) in [5.74, 6) is 0.765. The molecule has 9 heteroatoms. The number of hydrogen-bond acceptors (Lipinski definition) is 6. The van der Waals surface area contributed by atoms with Crippen LogP contribution in [0.25, 0.3) is 0 Å². The van der Waals surface area contributed by atoms with Gasteiger partial charge in [-0.3, -0.25) is 9.59 Å². The lowest BCUT2D eigenvalue weighted by Gasteiger charge is -2.20. The molecule has 3 rings (SSSR count). The summed E-state index contributed by atoms with van der Waals surface area (Å²) in [5.41, 5.74) is 2.90. The van der Waals surface area contributed by atoms with Gasteiger partial charge in [0.15, 0.2) is 5.82 Å². The van der Waals surface area contributed by atoms with E-state index >= 15 is 0 Å². The van der Waals surface area contributed by atoms with E-state index < -0.39 is 0 Å². The monoisotopic (exact) mass is 485 g/mol. The number of hydrogen-bond donors (Lipinski definition) is 2. The van der Waals surface area contributed by atoms with Gasteiger partial charge in [-0.1, -0.05) is 48.3 Å². The summed E-state index contributed by atoms with van der Waals surface area (Å²) < 4.78 is 0. The molecule has 2 aromatic carbocycles. The number of nitrogens with one attached hydrogen (secondary N) is 2. The van der Waals surface area contributed by atoms with Crippen LogP contribution >= 0.6 is 23.2 Å². The predicted molar refractivity (Wildman–Crippen MR) is 134 cm³/mol. The van der Waals surface area contributed by atoms with Crippen molar-refractivity contribution in [1.82, 2.24) is 9.97 Å². The molecule has 0 aliphatic heterocycles. The van der Waals surface area contributed by atoms with Crippen LogP contribution in [0.15, 0.2) is 48.7 Å². The van der Waals surface area contributed by atoms with E-state index in [9.17, 15) is 9.59 Å². The van der Waals surface area contributed by atoms with Gasteiger partial charge >= 0.3 is 0 Å². The molecular formula is C24H25Cl2N5O2. The number of carbonyl (C=O) groups is 2. The maximum absolute atomic E-state index is 11.9. The number of rotatable bonds is 9. The van der Waals surface area contributed by atoms with Crippen LogP contribution in [0, 0.1) is 0 Å². The van der Waals surface area contributed by atoms with Crippen LogP contribution in [0.1, 0.15) is 32.8 Å². The van der Waals surface area contributed by atoms with Crippen molar-refractivity contribution in [1.29, 1.82) is 0 Å². The lowest BCUT2D eigenvalue weighted by atomic mass is 10.1. The molecule has 0 atom stereocenters. The zero-order valence-corrected chi connectivity index (χ0v) is 20.2. The minimum atomic E-state index is -0.0630. The highest BCUT2D eigenvalue weighted by Gasteiger charge is 2.14. The lowest BCUT2D eigenvalue weighted by molar-refractivity contribution is -0.118. The molecule has 0 saturated carbocycles. The van der Waals surface area contributed by atoms with Gasteiger partial charge in [0.2, 0.25) is 11.9 Å². The van der Waals surface area contributed by atoms with Crippen LogP contribution in [-0.2, 0) is 16.0 Å². The SMILES string of the molecule is CCC(=O)Cc1ccccc1Nc1nc(Nc2ccc(N(CC)C(C)=O)cc2Cl)ncc1Cl. The molecule has 1 amide bonds. The van der Waals surface area contributed by atoms with Crippen molar-refractivity contribution in [2.75, 3.05) is 22.1 Å². The van der Waals surface area contributed by atoms with Crippen molar-refractivity contribution in [2.24, 2.45) is 0 Å². The Morgan fingerprint density at radius 1 is 1.00 bits per heavy atom. The fraction of sp³-hybridized carbons (Fsp3) is 0.250. The van der Waals surface area contributed by atoms with Crippen molar-refractivity contribution in [3.63, 3.8) is 0 Å². The van der Waals surface area contributed by atoms with Crippen molar-refractivity contribution >= 4 is 63.7 Å². The zero-order chi connectivity index (χ0) is 24.0. The number of nitrogens with zero attached hydrogens (tertiary/aromatic N) is 3. The van der Waals surface area contributed by atoms with Crippen LogP contribution < -0.4 is 15.5 Å². The number of aromatic nitrogens is 2. The average molecular weight is 486 g/mol. The summed E-state index contributed by atoms with van der Waals surface area (Å²) in [6.07, 6.45) is 2.28. The number of para-hydroxylation sites is 1. The van der Waals surface area contributed by atoms with Crippen molar-refractivity contribution in [3.8, 4) is 0 Å². The zero-order valence-electron chi connectivity index (χ0n) is 18.7. The molecule has 0 radical (unpaired) electrons.